The molecule has 1 aliphatic carbocycles. The number of ether oxygens (including phenoxy) is 1. The van der Waals surface area contributed by atoms with E-state index in [1.54, 1.807) is 0 Å². The van der Waals surface area contributed by atoms with Crippen LogP contribution in [0, 0.1) is 0 Å². The highest BCUT2D eigenvalue weighted by Crippen LogP contribution is 2.44. The Morgan fingerprint density at radius 2 is 1.82 bits per heavy atom. The van der Waals surface area contributed by atoms with Crippen molar-refractivity contribution in [1.82, 2.24) is 0 Å². The van der Waals surface area contributed by atoms with Crippen molar-refractivity contribution in [3.63, 3.8) is 0 Å². The molecule has 1 unspecified atom stereocenters. The van der Waals surface area contributed by atoms with Crippen molar-refractivity contribution in [2.24, 2.45) is 0 Å². The lowest BCUT2D eigenvalue weighted by Crippen LogP contribution is -2.42. The van der Waals surface area contributed by atoms with Gasteiger partial charge in [-0.1, -0.05) is 17.7 Å². The third-order valence-electron chi connectivity index (χ3n) is 3.81. The van der Waals surface area contributed by atoms with Crippen molar-refractivity contribution in [2.75, 3.05) is 7.11 Å². The van der Waals surface area contributed by atoms with Crippen LogP contribution in [0.15, 0.2) is 35.9 Å². The Morgan fingerprint density at radius 1 is 1.18 bits per heavy atom. The average Bonchev–Trinajstić information content (AvgIpc) is 2.46. The molecule has 1 atom stereocenters. The number of hydrogen-bond acceptors (Lipinski definition) is 3. The lowest BCUT2D eigenvalue weighted by atomic mass is 9.83. The summed E-state index contributed by atoms with van der Waals surface area (Å²) in [5.74, 6) is 0.209. The average molecular weight is 314 g/mol. The third-order valence-corrected chi connectivity index (χ3v) is 3.81. The Morgan fingerprint density at radius 3 is 2.32 bits per heavy atom. The molecule has 1 aromatic carbocycles. The van der Waals surface area contributed by atoms with Gasteiger partial charge in [0.25, 0.3) is 0 Å². The van der Waals surface area contributed by atoms with Crippen LogP contribution in [0.5, 0.6) is 5.75 Å². The highest BCUT2D eigenvalue weighted by molar-refractivity contribution is 5.91. The predicted molar refractivity (Wildman–Crippen MR) is 74.5 cm³/mol. The Labute approximate surface area is 126 Å². The molecule has 1 N–H and O–H groups in total. The van der Waals surface area contributed by atoms with Crippen LogP contribution in [-0.4, -0.2) is 24.2 Å². The number of allylic oxidation sites excluding steroid dienone is 1. The number of rotatable bonds is 4. The van der Waals surface area contributed by atoms with Gasteiger partial charge in [0.2, 0.25) is 0 Å². The summed E-state index contributed by atoms with van der Waals surface area (Å²) >= 11 is 0. The third kappa shape index (κ3) is 3.32. The summed E-state index contributed by atoms with van der Waals surface area (Å²) in [5.41, 5.74) is -2.95. The highest BCUT2D eigenvalue weighted by atomic mass is 19.4. The van der Waals surface area contributed by atoms with E-state index >= 15 is 0 Å². The van der Waals surface area contributed by atoms with E-state index in [2.05, 4.69) is 0 Å². The molecule has 0 spiro atoms. The molecule has 0 radical (unpaired) electrons. The summed E-state index contributed by atoms with van der Waals surface area (Å²) in [6, 6.07) is 5.12. The maximum Gasteiger partial charge on any atom is 0.421 e. The molecule has 0 aromatic heterocycles. The number of halogens is 3. The second-order valence-corrected chi connectivity index (χ2v) is 5.39. The molecule has 1 aliphatic rings. The summed E-state index contributed by atoms with van der Waals surface area (Å²) in [6.07, 6.45) is -3.00. The van der Waals surface area contributed by atoms with Gasteiger partial charge in [-0.2, -0.15) is 13.2 Å². The van der Waals surface area contributed by atoms with E-state index < -0.39 is 18.2 Å². The molecule has 0 bridgehead atoms. The van der Waals surface area contributed by atoms with E-state index in [-0.39, 0.29) is 11.3 Å². The summed E-state index contributed by atoms with van der Waals surface area (Å²) < 4.78 is 45.2. The van der Waals surface area contributed by atoms with Crippen LogP contribution in [-0.2, 0) is 10.4 Å². The highest BCUT2D eigenvalue weighted by Gasteiger charge is 2.55. The van der Waals surface area contributed by atoms with Crippen molar-refractivity contribution < 1.29 is 27.8 Å². The minimum atomic E-state index is -4.84. The number of aliphatic hydroxyl groups is 1. The predicted octanol–water partition coefficient (Wildman–Crippen LogP) is 3.51. The summed E-state index contributed by atoms with van der Waals surface area (Å²) in [4.78, 5) is 11.4. The normalized spacial score (nSPS) is 18.6. The summed E-state index contributed by atoms with van der Waals surface area (Å²) in [7, 11) is 1.41. The molecular weight excluding hydrogens is 297 g/mol. The fraction of sp³-hybridized carbons (Fsp3) is 0.438. The molecule has 120 valence electrons. The molecule has 3 nitrogen and oxygen atoms in total. The largest absolute Gasteiger partial charge is 0.497 e. The van der Waals surface area contributed by atoms with Gasteiger partial charge in [0.1, 0.15) is 5.75 Å². The van der Waals surface area contributed by atoms with Gasteiger partial charge >= 0.3 is 6.18 Å². The number of methoxy groups -OCH3 is 1. The van der Waals surface area contributed by atoms with E-state index in [0.29, 0.717) is 30.6 Å². The number of carbonyl (C=O) groups excluding carboxylic acids is 1. The second-order valence-electron chi connectivity index (χ2n) is 5.39. The van der Waals surface area contributed by atoms with E-state index in [4.69, 9.17) is 4.74 Å². The molecule has 1 aromatic rings. The first-order valence-electron chi connectivity index (χ1n) is 6.92. The quantitative estimate of drug-likeness (QED) is 0.925. The van der Waals surface area contributed by atoms with Crippen LogP contribution in [0.3, 0.4) is 0 Å². The molecule has 0 saturated heterocycles. The zero-order valence-electron chi connectivity index (χ0n) is 12.1. The number of alkyl halides is 3. The van der Waals surface area contributed by atoms with Crippen LogP contribution in [0.4, 0.5) is 13.2 Å². The summed E-state index contributed by atoms with van der Waals surface area (Å²) in [5, 5.41) is 10.3. The standard InChI is InChI=1S/C16H17F3O3/c1-22-14-7-5-12(6-8-14)15(21,16(17,18)19)10-11-3-2-4-13(20)9-11/h5-9,21H,2-4,10H2,1H3. The molecule has 0 fully saturated rings. The monoisotopic (exact) mass is 314 g/mol. The maximum atomic E-state index is 13.4. The first-order valence-corrected chi connectivity index (χ1v) is 6.92. The minimum Gasteiger partial charge on any atom is -0.497 e. The fourth-order valence-electron chi connectivity index (χ4n) is 2.56. The Bertz CT molecular complexity index is 575. The van der Waals surface area contributed by atoms with Crippen LogP contribution >= 0.6 is 0 Å². The lowest BCUT2D eigenvalue weighted by molar-refractivity contribution is -0.266. The Balaban J connectivity index is 2.37. The van der Waals surface area contributed by atoms with Gasteiger partial charge in [-0.3, -0.25) is 4.79 Å². The number of ketones is 1. The number of carbonyl (C=O) groups is 1. The van der Waals surface area contributed by atoms with Gasteiger partial charge in [-0.15, -0.1) is 0 Å². The minimum absolute atomic E-state index is 0.194. The van der Waals surface area contributed by atoms with E-state index in [1.807, 2.05) is 0 Å². The second kappa shape index (κ2) is 6.12. The van der Waals surface area contributed by atoms with E-state index in [1.165, 1.54) is 37.5 Å². The number of benzene rings is 1. The van der Waals surface area contributed by atoms with E-state index in [9.17, 15) is 23.1 Å². The molecule has 0 saturated carbocycles. The molecule has 22 heavy (non-hydrogen) atoms. The first kappa shape index (κ1) is 16.5. The van der Waals surface area contributed by atoms with Crippen LogP contribution in [0.25, 0.3) is 0 Å². The lowest BCUT2D eigenvalue weighted by Gasteiger charge is -2.32. The zero-order chi connectivity index (χ0) is 16.4. The Kier molecular flexibility index (Phi) is 4.60. The topological polar surface area (TPSA) is 46.5 Å². The Hall–Kier alpha value is -1.82. The maximum absolute atomic E-state index is 13.4. The van der Waals surface area contributed by atoms with Crippen LogP contribution in [0.2, 0.25) is 0 Å². The van der Waals surface area contributed by atoms with Gasteiger partial charge in [-0.05, 0) is 36.6 Å². The molecule has 0 aliphatic heterocycles. The smallest absolute Gasteiger partial charge is 0.421 e. The van der Waals surface area contributed by atoms with Gasteiger partial charge < -0.3 is 9.84 Å². The molecular formula is C16H17F3O3. The van der Waals surface area contributed by atoms with Gasteiger partial charge in [0, 0.05) is 12.8 Å². The van der Waals surface area contributed by atoms with Crippen molar-refractivity contribution in [2.45, 2.75) is 37.5 Å². The first-order chi connectivity index (χ1) is 10.3. The molecule has 0 amide bonds. The van der Waals surface area contributed by atoms with Crippen LogP contribution < -0.4 is 4.74 Å². The molecule has 6 heteroatoms. The van der Waals surface area contributed by atoms with Gasteiger partial charge in [-0.25, -0.2) is 0 Å². The summed E-state index contributed by atoms with van der Waals surface area (Å²) in [6.45, 7) is 0. The van der Waals surface area contributed by atoms with Crippen molar-refractivity contribution in [1.29, 1.82) is 0 Å². The van der Waals surface area contributed by atoms with Gasteiger partial charge in [0.15, 0.2) is 11.4 Å². The fourth-order valence-corrected chi connectivity index (χ4v) is 2.56. The SMILES string of the molecule is COc1ccc(C(O)(CC2=CC(=O)CCC2)C(F)(F)F)cc1. The zero-order valence-corrected chi connectivity index (χ0v) is 12.1. The molecule has 2 rings (SSSR count). The number of hydrogen-bond donors (Lipinski definition) is 1. The van der Waals surface area contributed by atoms with Crippen molar-refractivity contribution in [3.05, 3.63) is 41.5 Å². The van der Waals surface area contributed by atoms with E-state index in [0.717, 1.165) is 0 Å². The molecule has 0 heterocycles. The van der Waals surface area contributed by atoms with Crippen molar-refractivity contribution in [3.8, 4) is 5.75 Å². The van der Waals surface area contributed by atoms with Gasteiger partial charge in [0.05, 0.1) is 7.11 Å². The van der Waals surface area contributed by atoms with Crippen molar-refractivity contribution >= 4 is 5.78 Å². The van der Waals surface area contributed by atoms with Crippen LogP contribution in [0.1, 0.15) is 31.2 Å².